The molecule has 0 aliphatic carbocycles. The van der Waals surface area contributed by atoms with Gasteiger partial charge in [0.25, 0.3) is 11.8 Å². The summed E-state index contributed by atoms with van der Waals surface area (Å²) in [4.78, 5) is 67.4. The number of fused-ring (bicyclic) bond motifs is 1. The number of imide groups is 2. The first-order valence-electron chi connectivity index (χ1n) is 16.5. The minimum absolute atomic E-state index is 0.100. The molecular weight excluding hydrogens is 560 g/mol. The third-order valence-corrected chi connectivity index (χ3v) is 8.06. The second-order valence-electron chi connectivity index (χ2n) is 12.3. The fraction of sp³-hybridized carbons (Fsp3) is 0.676. The van der Waals surface area contributed by atoms with Gasteiger partial charge in [-0.3, -0.25) is 29.4 Å². The van der Waals surface area contributed by atoms with Crippen molar-refractivity contribution in [2.75, 3.05) is 31.1 Å². The molecule has 2 unspecified atom stereocenters. The standard InChI is InChI=1S/C30H42N4O6.2C2H6/c1-6-32(29(39)40-30(3,4)5)14-11-19(2)17-20-12-15-33(16-13-20)21-7-8-22-23(18-21)28(38)34(27(22)37)24-9-10-25(35)31-26(24)36;2*1-2/h7-8,18-20,24H,6,9-17H2,1-5H3,(H,31,35,36);2*1-2H3. The van der Waals surface area contributed by atoms with Crippen molar-refractivity contribution in [3.8, 4) is 0 Å². The molecule has 0 spiro atoms. The molecule has 1 N–H and O–H groups in total. The molecule has 0 bridgehead atoms. The number of hydrogen-bond donors (Lipinski definition) is 1. The number of ether oxygens (including phenoxy) is 1. The summed E-state index contributed by atoms with van der Waals surface area (Å²) < 4.78 is 5.52. The van der Waals surface area contributed by atoms with Gasteiger partial charge in [-0.25, -0.2) is 4.79 Å². The summed E-state index contributed by atoms with van der Waals surface area (Å²) in [6, 6.07) is 4.35. The van der Waals surface area contributed by atoms with Crippen LogP contribution < -0.4 is 10.2 Å². The summed E-state index contributed by atoms with van der Waals surface area (Å²) in [6.45, 7) is 20.9. The van der Waals surface area contributed by atoms with E-state index in [1.165, 1.54) is 0 Å². The Hall–Kier alpha value is -3.43. The number of nitrogens with zero attached hydrogens (tertiary/aromatic N) is 3. The van der Waals surface area contributed by atoms with Crippen LogP contribution >= 0.6 is 0 Å². The number of hydrogen-bond acceptors (Lipinski definition) is 7. The fourth-order valence-electron chi connectivity index (χ4n) is 5.85. The Morgan fingerprint density at radius 3 is 2.18 bits per heavy atom. The van der Waals surface area contributed by atoms with Crippen LogP contribution in [0.2, 0.25) is 0 Å². The number of nitrogens with one attached hydrogen (secondary N) is 1. The highest BCUT2D eigenvalue weighted by atomic mass is 16.6. The Kier molecular flexibility index (Phi) is 13.9. The Bertz CT molecular complexity index is 1170. The van der Waals surface area contributed by atoms with Gasteiger partial charge >= 0.3 is 6.09 Å². The smallest absolute Gasteiger partial charge is 0.410 e. The molecule has 44 heavy (non-hydrogen) atoms. The van der Waals surface area contributed by atoms with Gasteiger partial charge < -0.3 is 14.5 Å². The molecule has 0 aromatic heterocycles. The Morgan fingerprint density at radius 1 is 1.00 bits per heavy atom. The van der Waals surface area contributed by atoms with Gasteiger partial charge in [0.15, 0.2) is 0 Å². The predicted molar refractivity (Wildman–Crippen MR) is 173 cm³/mol. The largest absolute Gasteiger partial charge is 0.444 e. The van der Waals surface area contributed by atoms with E-state index in [0.717, 1.165) is 49.4 Å². The highest BCUT2D eigenvalue weighted by Gasteiger charge is 2.44. The molecule has 246 valence electrons. The third-order valence-electron chi connectivity index (χ3n) is 8.06. The van der Waals surface area contributed by atoms with Crippen LogP contribution in [-0.2, 0) is 14.3 Å². The highest BCUT2D eigenvalue weighted by molar-refractivity contribution is 6.23. The summed E-state index contributed by atoms with van der Waals surface area (Å²) in [7, 11) is 0. The normalized spacial score (nSPS) is 19.2. The van der Waals surface area contributed by atoms with E-state index in [2.05, 4.69) is 17.1 Å². The molecule has 3 heterocycles. The molecule has 1 aromatic rings. The van der Waals surface area contributed by atoms with E-state index in [1.807, 2.05) is 61.5 Å². The van der Waals surface area contributed by atoms with Crippen LogP contribution in [0, 0.1) is 11.8 Å². The number of carbonyl (C=O) groups excluding carboxylic acids is 5. The summed E-state index contributed by atoms with van der Waals surface area (Å²) in [5.74, 6) is -0.885. The molecule has 3 aliphatic heterocycles. The van der Waals surface area contributed by atoms with E-state index in [0.29, 0.717) is 36.1 Å². The average molecular weight is 615 g/mol. The average Bonchev–Trinajstić information content (AvgIpc) is 3.23. The lowest BCUT2D eigenvalue weighted by molar-refractivity contribution is -0.136. The highest BCUT2D eigenvalue weighted by Crippen LogP contribution is 2.33. The maximum absolute atomic E-state index is 13.2. The van der Waals surface area contributed by atoms with Crippen molar-refractivity contribution in [2.24, 2.45) is 11.8 Å². The maximum Gasteiger partial charge on any atom is 0.410 e. The molecule has 10 heteroatoms. The van der Waals surface area contributed by atoms with Crippen molar-refractivity contribution in [3.63, 3.8) is 0 Å². The number of piperidine rings is 2. The zero-order chi connectivity index (χ0) is 33.2. The monoisotopic (exact) mass is 614 g/mol. The van der Waals surface area contributed by atoms with Gasteiger partial charge in [-0.15, -0.1) is 0 Å². The summed E-state index contributed by atoms with van der Waals surface area (Å²) in [5, 5.41) is 2.23. The molecule has 5 amide bonds. The zero-order valence-electron chi connectivity index (χ0n) is 28.3. The van der Waals surface area contributed by atoms with Gasteiger partial charge in [0.05, 0.1) is 11.1 Å². The number of benzene rings is 1. The van der Waals surface area contributed by atoms with Crippen molar-refractivity contribution >= 4 is 35.4 Å². The number of anilines is 1. The van der Waals surface area contributed by atoms with Crippen molar-refractivity contribution in [3.05, 3.63) is 29.3 Å². The SMILES string of the molecule is CC.CC.CCN(CCC(C)CC1CCN(c2ccc3c(c2)C(=O)N(C2CCC(=O)NC2=O)C3=O)CC1)C(=O)OC(C)(C)C. The fourth-order valence-corrected chi connectivity index (χ4v) is 5.85. The second kappa shape index (κ2) is 16.6. The number of rotatable bonds is 8. The zero-order valence-corrected chi connectivity index (χ0v) is 28.3. The number of amides is 5. The first-order valence-corrected chi connectivity index (χ1v) is 16.5. The van der Waals surface area contributed by atoms with Crippen molar-refractivity contribution < 1.29 is 28.7 Å². The van der Waals surface area contributed by atoms with Gasteiger partial charge in [-0.05, 0) is 89.8 Å². The Morgan fingerprint density at radius 2 is 1.61 bits per heavy atom. The van der Waals surface area contributed by atoms with Crippen LogP contribution in [0.25, 0.3) is 0 Å². The molecule has 0 radical (unpaired) electrons. The van der Waals surface area contributed by atoms with E-state index in [9.17, 15) is 24.0 Å². The quantitative estimate of drug-likeness (QED) is 0.356. The third kappa shape index (κ3) is 9.29. The second-order valence-corrected chi connectivity index (χ2v) is 12.3. The van der Waals surface area contributed by atoms with E-state index < -0.39 is 29.4 Å². The van der Waals surface area contributed by atoms with Crippen LogP contribution in [-0.4, -0.2) is 77.3 Å². The summed E-state index contributed by atoms with van der Waals surface area (Å²) in [5.41, 5.74) is 1.01. The molecular formula is C34H54N4O6. The maximum atomic E-state index is 13.2. The van der Waals surface area contributed by atoms with Gasteiger partial charge in [-0.2, -0.15) is 0 Å². The molecule has 2 fully saturated rings. The van der Waals surface area contributed by atoms with Crippen LogP contribution in [0.15, 0.2) is 18.2 Å². The number of carbonyl (C=O) groups is 5. The first kappa shape index (κ1) is 36.8. The van der Waals surface area contributed by atoms with Crippen molar-refractivity contribution in [2.45, 2.75) is 112 Å². The Labute approximate surface area is 263 Å². The lowest BCUT2D eigenvalue weighted by Gasteiger charge is -2.35. The van der Waals surface area contributed by atoms with E-state index in [1.54, 1.807) is 17.0 Å². The molecule has 4 rings (SSSR count). The van der Waals surface area contributed by atoms with Gasteiger partial charge in [0.2, 0.25) is 11.8 Å². The van der Waals surface area contributed by atoms with E-state index in [-0.39, 0.29) is 24.8 Å². The molecule has 0 saturated carbocycles. The van der Waals surface area contributed by atoms with Gasteiger partial charge in [0.1, 0.15) is 11.6 Å². The van der Waals surface area contributed by atoms with Gasteiger partial charge in [-0.1, -0.05) is 34.6 Å². The van der Waals surface area contributed by atoms with E-state index >= 15 is 0 Å². The van der Waals surface area contributed by atoms with Crippen molar-refractivity contribution in [1.29, 1.82) is 0 Å². The summed E-state index contributed by atoms with van der Waals surface area (Å²) in [6.07, 6.45) is 4.07. The lowest BCUT2D eigenvalue weighted by atomic mass is 9.86. The van der Waals surface area contributed by atoms with Crippen LogP contribution in [0.1, 0.15) is 122 Å². The molecule has 2 atom stereocenters. The minimum Gasteiger partial charge on any atom is -0.444 e. The predicted octanol–water partition coefficient (Wildman–Crippen LogP) is 6.03. The summed E-state index contributed by atoms with van der Waals surface area (Å²) >= 11 is 0. The molecule has 2 saturated heterocycles. The first-order chi connectivity index (χ1) is 20.9. The van der Waals surface area contributed by atoms with Crippen LogP contribution in [0.5, 0.6) is 0 Å². The Balaban J connectivity index is 0.00000162. The topological polar surface area (TPSA) is 116 Å². The van der Waals surface area contributed by atoms with E-state index in [4.69, 9.17) is 4.74 Å². The van der Waals surface area contributed by atoms with Crippen molar-refractivity contribution in [1.82, 2.24) is 15.1 Å². The van der Waals surface area contributed by atoms with Crippen LogP contribution in [0.3, 0.4) is 0 Å². The van der Waals surface area contributed by atoms with Crippen LogP contribution in [0.4, 0.5) is 10.5 Å². The molecule has 1 aromatic carbocycles. The minimum atomic E-state index is -0.958. The molecule has 10 nitrogen and oxygen atoms in total. The lowest BCUT2D eigenvalue weighted by Crippen LogP contribution is -2.54. The van der Waals surface area contributed by atoms with Gasteiger partial charge in [0, 0.05) is 38.3 Å². The molecule has 3 aliphatic rings.